The third-order valence-electron chi connectivity index (χ3n) is 4.52. The lowest BCUT2D eigenvalue weighted by Crippen LogP contribution is -2.35. The summed E-state index contributed by atoms with van der Waals surface area (Å²) in [6, 6.07) is 0. The Morgan fingerprint density at radius 3 is 1.61 bits per heavy atom. The van der Waals surface area contributed by atoms with Crippen LogP contribution in [-0.4, -0.2) is 95.6 Å². The Balaban J connectivity index is 4.18. The molecule has 0 rings (SSSR count). The minimum atomic E-state index is -1.11. The fourth-order valence-corrected chi connectivity index (χ4v) is 3.05. The monoisotopic (exact) mass is 448 g/mol. The summed E-state index contributed by atoms with van der Waals surface area (Å²) < 4.78 is 9.27. The molecule has 178 valence electrons. The second-order valence-corrected chi connectivity index (χ2v) is 7.06. The van der Waals surface area contributed by atoms with Gasteiger partial charge in [0.05, 0.1) is 19.0 Å². The molecule has 12 nitrogen and oxygen atoms in total. The Hall–Kier alpha value is -2.73. The van der Waals surface area contributed by atoms with Gasteiger partial charge >= 0.3 is 17.9 Å². The van der Waals surface area contributed by atoms with Crippen LogP contribution in [0.3, 0.4) is 0 Å². The molecule has 0 aliphatic heterocycles. The largest absolute Gasteiger partial charge is 0.481 e. The van der Waals surface area contributed by atoms with Gasteiger partial charge in [0.15, 0.2) is 0 Å². The van der Waals surface area contributed by atoms with Crippen molar-refractivity contribution in [3.63, 3.8) is 0 Å². The summed E-state index contributed by atoms with van der Waals surface area (Å²) >= 11 is 0. The number of carbonyl (C=O) groups excluding carboxylic acids is 2. The summed E-state index contributed by atoms with van der Waals surface area (Å²) in [6.45, 7) is 0.630. The Bertz CT molecular complexity index is 530. The third-order valence-corrected chi connectivity index (χ3v) is 4.52. The van der Waals surface area contributed by atoms with Crippen LogP contribution in [0.1, 0.15) is 44.9 Å². The summed E-state index contributed by atoms with van der Waals surface area (Å²) in [4.78, 5) is 56.5. The Kier molecular flexibility index (Phi) is 16.5. The van der Waals surface area contributed by atoms with E-state index >= 15 is 0 Å². The molecule has 3 N–H and O–H groups in total. The summed E-state index contributed by atoms with van der Waals surface area (Å²) in [5.41, 5.74) is 0. The fourth-order valence-electron chi connectivity index (χ4n) is 3.05. The highest BCUT2D eigenvalue weighted by Crippen LogP contribution is 2.17. The second kappa shape index (κ2) is 18.1. The predicted octanol–water partition coefficient (Wildman–Crippen LogP) is 0.452. The van der Waals surface area contributed by atoms with Gasteiger partial charge in [0.2, 0.25) is 0 Å². The van der Waals surface area contributed by atoms with Crippen LogP contribution >= 0.6 is 0 Å². The zero-order valence-corrected chi connectivity index (χ0v) is 17.5. The van der Waals surface area contributed by atoms with Crippen LogP contribution in [0, 0.1) is 5.92 Å². The summed E-state index contributed by atoms with van der Waals surface area (Å²) in [7, 11) is 0. The van der Waals surface area contributed by atoms with Crippen LogP contribution in [0.2, 0.25) is 0 Å². The molecule has 0 saturated carbocycles. The molecule has 0 aromatic rings. The molecular formula is C19H32N2O10. The van der Waals surface area contributed by atoms with Crippen molar-refractivity contribution in [1.82, 2.24) is 9.80 Å². The first-order valence-corrected chi connectivity index (χ1v) is 10.0. The van der Waals surface area contributed by atoms with Crippen molar-refractivity contribution in [3.05, 3.63) is 0 Å². The standard InChI is InChI=1S/C19H32N2O10/c22-14-30-12-21(13-31-15-23)9-4-1-2-6-16(19(28)29)7-3-5-8-20(10-17(24)25)11-18(26)27/h14-16H,1-13H2,(H,24,25)(H,26,27)(H,28,29). The fraction of sp³-hybridized carbons (Fsp3) is 0.737. The molecule has 0 amide bonds. The molecule has 0 heterocycles. The van der Waals surface area contributed by atoms with Crippen molar-refractivity contribution < 1.29 is 48.8 Å². The second-order valence-electron chi connectivity index (χ2n) is 7.06. The van der Waals surface area contributed by atoms with Gasteiger partial charge in [-0.1, -0.05) is 19.3 Å². The highest BCUT2D eigenvalue weighted by atomic mass is 16.6. The number of hydrogen-bond donors (Lipinski definition) is 3. The number of hydrogen-bond acceptors (Lipinski definition) is 9. The number of nitrogens with zero attached hydrogens (tertiary/aromatic N) is 2. The number of ether oxygens (including phenoxy) is 2. The first-order chi connectivity index (χ1) is 14.8. The van der Waals surface area contributed by atoms with E-state index < -0.39 is 23.8 Å². The van der Waals surface area contributed by atoms with Crippen LogP contribution in [0.5, 0.6) is 0 Å². The molecule has 0 fully saturated rings. The maximum atomic E-state index is 11.5. The topological polar surface area (TPSA) is 171 Å². The van der Waals surface area contributed by atoms with Gasteiger partial charge in [0.1, 0.15) is 13.5 Å². The SMILES string of the molecule is O=COCN(CCCCCC(CCCCN(CC(=O)O)CC(=O)O)C(=O)O)COC=O. The van der Waals surface area contributed by atoms with Gasteiger partial charge in [0.25, 0.3) is 12.9 Å². The molecular weight excluding hydrogens is 416 g/mol. The van der Waals surface area contributed by atoms with Crippen molar-refractivity contribution in [3.8, 4) is 0 Å². The molecule has 0 saturated heterocycles. The molecule has 0 bridgehead atoms. The molecule has 12 heteroatoms. The van der Waals surface area contributed by atoms with E-state index in [-0.39, 0.29) is 33.1 Å². The Labute approximate surface area is 180 Å². The summed E-state index contributed by atoms with van der Waals surface area (Å²) in [6.07, 6.45) is 4.09. The first-order valence-electron chi connectivity index (χ1n) is 10.0. The maximum absolute atomic E-state index is 11.5. The zero-order valence-electron chi connectivity index (χ0n) is 17.5. The van der Waals surface area contributed by atoms with E-state index in [4.69, 9.17) is 10.2 Å². The number of unbranched alkanes of at least 4 members (excludes halogenated alkanes) is 3. The van der Waals surface area contributed by atoms with E-state index in [1.807, 2.05) is 0 Å². The smallest absolute Gasteiger partial charge is 0.317 e. The maximum Gasteiger partial charge on any atom is 0.317 e. The van der Waals surface area contributed by atoms with Crippen molar-refractivity contribution in [2.24, 2.45) is 5.92 Å². The molecule has 0 aliphatic carbocycles. The zero-order chi connectivity index (χ0) is 23.5. The quantitative estimate of drug-likeness (QED) is 0.119. The van der Waals surface area contributed by atoms with Gasteiger partial charge in [-0.05, 0) is 32.2 Å². The van der Waals surface area contributed by atoms with Gasteiger partial charge in [0, 0.05) is 6.54 Å². The number of aliphatic carboxylic acids is 3. The lowest BCUT2D eigenvalue weighted by Gasteiger charge is -2.19. The van der Waals surface area contributed by atoms with Crippen LogP contribution in [0.15, 0.2) is 0 Å². The molecule has 0 aromatic heterocycles. The minimum Gasteiger partial charge on any atom is -0.481 e. The van der Waals surface area contributed by atoms with Gasteiger partial charge in [-0.25, -0.2) is 4.90 Å². The van der Waals surface area contributed by atoms with Crippen molar-refractivity contribution >= 4 is 30.9 Å². The van der Waals surface area contributed by atoms with Crippen LogP contribution in [0.25, 0.3) is 0 Å². The van der Waals surface area contributed by atoms with E-state index in [1.165, 1.54) is 4.90 Å². The highest BCUT2D eigenvalue weighted by molar-refractivity contribution is 5.72. The summed E-state index contributed by atoms with van der Waals surface area (Å²) in [5, 5.41) is 27.0. The van der Waals surface area contributed by atoms with E-state index in [1.54, 1.807) is 4.90 Å². The first kappa shape index (κ1) is 28.3. The van der Waals surface area contributed by atoms with Gasteiger partial charge in [-0.15, -0.1) is 0 Å². The average Bonchev–Trinajstić information content (AvgIpc) is 2.69. The van der Waals surface area contributed by atoms with Crippen LogP contribution < -0.4 is 0 Å². The van der Waals surface area contributed by atoms with Crippen molar-refractivity contribution in [2.75, 3.05) is 39.6 Å². The molecule has 0 aliphatic rings. The molecule has 1 atom stereocenters. The predicted molar refractivity (Wildman–Crippen MR) is 106 cm³/mol. The van der Waals surface area contributed by atoms with Crippen molar-refractivity contribution in [1.29, 1.82) is 0 Å². The van der Waals surface area contributed by atoms with Gasteiger partial charge in [-0.2, -0.15) is 0 Å². The molecule has 0 aromatic carbocycles. The van der Waals surface area contributed by atoms with Crippen LogP contribution in [0.4, 0.5) is 0 Å². The molecule has 0 spiro atoms. The van der Waals surface area contributed by atoms with E-state index in [0.717, 1.165) is 6.42 Å². The molecule has 31 heavy (non-hydrogen) atoms. The number of carboxylic acids is 3. The van der Waals surface area contributed by atoms with E-state index in [9.17, 15) is 29.1 Å². The highest BCUT2D eigenvalue weighted by Gasteiger charge is 2.18. The summed E-state index contributed by atoms with van der Waals surface area (Å²) in [5.74, 6) is -3.65. The molecule has 1 unspecified atom stereocenters. The molecule has 0 radical (unpaired) electrons. The number of rotatable bonds is 22. The van der Waals surface area contributed by atoms with Gasteiger partial charge in [-0.3, -0.25) is 28.9 Å². The van der Waals surface area contributed by atoms with Crippen molar-refractivity contribution in [2.45, 2.75) is 44.9 Å². The van der Waals surface area contributed by atoms with Crippen LogP contribution in [-0.2, 0) is 33.4 Å². The normalized spacial score (nSPS) is 11.8. The Morgan fingerprint density at radius 1 is 0.710 bits per heavy atom. The average molecular weight is 448 g/mol. The van der Waals surface area contributed by atoms with Gasteiger partial charge < -0.3 is 24.8 Å². The van der Waals surface area contributed by atoms with E-state index in [0.29, 0.717) is 58.0 Å². The van der Waals surface area contributed by atoms with E-state index in [2.05, 4.69) is 9.47 Å². The lowest BCUT2D eigenvalue weighted by molar-refractivity contribution is -0.143. The lowest BCUT2D eigenvalue weighted by atomic mass is 9.95. The third kappa shape index (κ3) is 16.7. The number of carbonyl (C=O) groups is 5. The minimum absolute atomic E-state index is 0.00410. The Morgan fingerprint density at radius 2 is 1.16 bits per heavy atom. The number of carboxylic acid groups (broad SMARTS) is 3.